The van der Waals surface area contributed by atoms with Gasteiger partial charge in [-0.05, 0) is 37.3 Å². The van der Waals surface area contributed by atoms with Crippen LogP contribution in [0.2, 0.25) is 0 Å². The minimum absolute atomic E-state index is 0.0817. The minimum Gasteiger partial charge on any atom is -0.381 e. The van der Waals surface area contributed by atoms with Crippen molar-refractivity contribution in [3.8, 4) is 0 Å². The van der Waals surface area contributed by atoms with Crippen LogP contribution in [0.25, 0.3) is 0 Å². The van der Waals surface area contributed by atoms with Crippen molar-refractivity contribution in [1.29, 1.82) is 0 Å². The molecular formula is C17H25NO3S. The molecule has 122 valence electrons. The lowest BCUT2D eigenvalue weighted by Crippen LogP contribution is -2.27. The van der Waals surface area contributed by atoms with Crippen molar-refractivity contribution in [3.05, 3.63) is 30.3 Å². The number of thioether (sulfide) groups is 1. The van der Waals surface area contributed by atoms with Gasteiger partial charge >= 0.3 is 0 Å². The number of benzene rings is 1. The SMILES string of the molecule is O=C(CSc1ccccc1)NCCCOCC1CCOCC1. The predicted octanol–water partition coefficient (Wildman–Crippen LogP) is 2.73. The standard InChI is InChI=1S/C17H25NO3S/c19-17(14-22-16-5-2-1-3-6-16)18-9-4-10-21-13-15-7-11-20-12-8-15/h1-3,5-6,15H,4,7-14H2,(H,18,19). The van der Waals surface area contributed by atoms with E-state index in [1.807, 2.05) is 30.3 Å². The molecule has 0 aliphatic carbocycles. The molecular weight excluding hydrogens is 298 g/mol. The Balaban J connectivity index is 1.43. The monoisotopic (exact) mass is 323 g/mol. The molecule has 0 atom stereocenters. The van der Waals surface area contributed by atoms with Gasteiger partial charge in [0.2, 0.25) is 5.91 Å². The summed E-state index contributed by atoms with van der Waals surface area (Å²) in [5, 5.41) is 2.93. The zero-order valence-electron chi connectivity index (χ0n) is 13.0. The van der Waals surface area contributed by atoms with Crippen LogP contribution in [0.1, 0.15) is 19.3 Å². The van der Waals surface area contributed by atoms with Crippen LogP contribution in [0.5, 0.6) is 0 Å². The van der Waals surface area contributed by atoms with Crippen LogP contribution in [0.15, 0.2) is 35.2 Å². The summed E-state index contributed by atoms with van der Waals surface area (Å²) >= 11 is 1.56. The molecule has 0 unspecified atom stereocenters. The predicted molar refractivity (Wildman–Crippen MR) is 89.2 cm³/mol. The number of carbonyl (C=O) groups excluding carboxylic acids is 1. The summed E-state index contributed by atoms with van der Waals surface area (Å²) in [6.07, 6.45) is 3.08. The molecule has 1 aliphatic rings. The Labute approximate surface area is 137 Å². The van der Waals surface area contributed by atoms with Gasteiger partial charge in [-0.1, -0.05) is 18.2 Å². The van der Waals surface area contributed by atoms with Gasteiger partial charge in [-0.15, -0.1) is 11.8 Å². The van der Waals surface area contributed by atoms with Crippen molar-refractivity contribution < 1.29 is 14.3 Å². The normalized spacial score (nSPS) is 15.6. The molecule has 1 heterocycles. The number of hydrogen-bond acceptors (Lipinski definition) is 4. The van der Waals surface area contributed by atoms with Crippen molar-refractivity contribution in [2.45, 2.75) is 24.2 Å². The van der Waals surface area contributed by atoms with Crippen molar-refractivity contribution >= 4 is 17.7 Å². The van der Waals surface area contributed by atoms with Gasteiger partial charge in [0, 0.05) is 37.9 Å². The van der Waals surface area contributed by atoms with Gasteiger partial charge in [0.15, 0.2) is 0 Å². The Morgan fingerprint density at radius 2 is 2.05 bits per heavy atom. The van der Waals surface area contributed by atoms with Gasteiger partial charge in [0.1, 0.15) is 0 Å². The number of nitrogens with one attached hydrogen (secondary N) is 1. The van der Waals surface area contributed by atoms with Crippen LogP contribution in [-0.2, 0) is 14.3 Å². The Kier molecular flexibility index (Phi) is 8.38. The summed E-state index contributed by atoms with van der Waals surface area (Å²) in [7, 11) is 0. The van der Waals surface area contributed by atoms with Crippen LogP contribution < -0.4 is 5.32 Å². The van der Waals surface area contributed by atoms with E-state index in [-0.39, 0.29) is 5.91 Å². The van der Waals surface area contributed by atoms with E-state index in [2.05, 4.69) is 5.32 Å². The second kappa shape index (κ2) is 10.6. The highest BCUT2D eigenvalue weighted by atomic mass is 32.2. The summed E-state index contributed by atoms with van der Waals surface area (Å²) in [6, 6.07) is 9.97. The molecule has 22 heavy (non-hydrogen) atoms. The molecule has 1 N–H and O–H groups in total. The molecule has 1 amide bonds. The molecule has 0 radical (unpaired) electrons. The zero-order valence-corrected chi connectivity index (χ0v) is 13.8. The number of rotatable bonds is 9. The molecule has 4 nitrogen and oxygen atoms in total. The van der Waals surface area contributed by atoms with Crippen molar-refractivity contribution in [1.82, 2.24) is 5.32 Å². The fourth-order valence-corrected chi connectivity index (χ4v) is 3.03. The smallest absolute Gasteiger partial charge is 0.230 e. The highest BCUT2D eigenvalue weighted by molar-refractivity contribution is 8.00. The van der Waals surface area contributed by atoms with E-state index in [9.17, 15) is 4.79 Å². The van der Waals surface area contributed by atoms with Crippen LogP contribution in [0.3, 0.4) is 0 Å². The first-order valence-electron chi connectivity index (χ1n) is 7.94. The summed E-state index contributed by atoms with van der Waals surface area (Å²) in [4.78, 5) is 12.8. The molecule has 1 saturated heterocycles. The first-order valence-corrected chi connectivity index (χ1v) is 8.93. The van der Waals surface area contributed by atoms with E-state index in [1.54, 1.807) is 11.8 Å². The van der Waals surface area contributed by atoms with Crippen LogP contribution >= 0.6 is 11.8 Å². The number of hydrogen-bond donors (Lipinski definition) is 1. The lowest BCUT2D eigenvalue weighted by molar-refractivity contribution is -0.118. The maximum absolute atomic E-state index is 11.7. The highest BCUT2D eigenvalue weighted by Crippen LogP contribution is 2.16. The highest BCUT2D eigenvalue weighted by Gasteiger charge is 2.13. The third kappa shape index (κ3) is 7.29. The third-order valence-electron chi connectivity index (χ3n) is 3.60. The molecule has 1 aliphatic heterocycles. The lowest BCUT2D eigenvalue weighted by Gasteiger charge is -2.21. The maximum atomic E-state index is 11.7. The number of carbonyl (C=O) groups is 1. The largest absolute Gasteiger partial charge is 0.381 e. The Bertz CT molecular complexity index is 421. The molecule has 0 aromatic heterocycles. The van der Waals surface area contributed by atoms with E-state index < -0.39 is 0 Å². The fraction of sp³-hybridized carbons (Fsp3) is 0.588. The fourth-order valence-electron chi connectivity index (χ4n) is 2.28. The van der Waals surface area contributed by atoms with Gasteiger partial charge in [-0.25, -0.2) is 0 Å². The van der Waals surface area contributed by atoms with E-state index in [0.717, 1.165) is 44.0 Å². The van der Waals surface area contributed by atoms with E-state index in [4.69, 9.17) is 9.47 Å². The average Bonchev–Trinajstić information content (AvgIpc) is 2.58. The molecule has 0 spiro atoms. The second-order valence-electron chi connectivity index (χ2n) is 5.44. The first kappa shape index (κ1) is 17.3. The Morgan fingerprint density at radius 1 is 1.27 bits per heavy atom. The summed E-state index contributed by atoms with van der Waals surface area (Å²) < 4.78 is 11.0. The molecule has 0 saturated carbocycles. The van der Waals surface area contributed by atoms with Gasteiger partial charge in [0.25, 0.3) is 0 Å². The zero-order chi connectivity index (χ0) is 15.5. The van der Waals surface area contributed by atoms with Crippen LogP contribution in [-0.4, -0.2) is 44.6 Å². The molecule has 1 aromatic rings. The lowest BCUT2D eigenvalue weighted by atomic mass is 10.0. The van der Waals surface area contributed by atoms with E-state index in [0.29, 0.717) is 24.8 Å². The summed E-state index contributed by atoms with van der Waals surface area (Å²) in [5.74, 6) is 1.19. The van der Waals surface area contributed by atoms with Gasteiger partial charge in [-0.3, -0.25) is 4.79 Å². The average molecular weight is 323 g/mol. The quantitative estimate of drug-likeness (QED) is 0.561. The molecule has 1 aromatic carbocycles. The van der Waals surface area contributed by atoms with Crippen molar-refractivity contribution in [2.24, 2.45) is 5.92 Å². The first-order chi connectivity index (χ1) is 10.8. The second-order valence-corrected chi connectivity index (χ2v) is 6.48. The Morgan fingerprint density at radius 3 is 2.82 bits per heavy atom. The van der Waals surface area contributed by atoms with E-state index >= 15 is 0 Å². The molecule has 5 heteroatoms. The van der Waals surface area contributed by atoms with Crippen LogP contribution in [0.4, 0.5) is 0 Å². The maximum Gasteiger partial charge on any atom is 0.230 e. The molecule has 2 rings (SSSR count). The van der Waals surface area contributed by atoms with Gasteiger partial charge in [0.05, 0.1) is 5.75 Å². The summed E-state index contributed by atoms with van der Waals surface area (Å²) in [5.41, 5.74) is 0. The minimum atomic E-state index is 0.0817. The van der Waals surface area contributed by atoms with Gasteiger partial charge in [-0.2, -0.15) is 0 Å². The topological polar surface area (TPSA) is 47.6 Å². The molecule has 0 bridgehead atoms. The third-order valence-corrected chi connectivity index (χ3v) is 4.61. The van der Waals surface area contributed by atoms with Crippen molar-refractivity contribution in [3.63, 3.8) is 0 Å². The number of amides is 1. The van der Waals surface area contributed by atoms with Crippen LogP contribution in [0, 0.1) is 5.92 Å². The summed E-state index contributed by atoms with van der Waals surface area (Å²) in [6.45, 7) is 3.94. The molecule has 1 fully saturated rings. The van der Waals surface area contributed by atoms with Crippen molar-refractivity contribution in [2.75, 3.05) is 38.7 Å². The number of ether oxygens (including phenoxy) is 2. The van der Waals surface area contributed by atoms with Gasteiger partial charge < -0.3 is 14.8 Å². The Hall–Kier alpha value is -1.04. The van der Waals surface area contributed by atoms with E-state index in [1.165, 1.54) is 0 Å².